The topological polar surface area (TPSA) is 55.9 Å². The highest BCUT2D eigenvalue weighted by Crippen LogP contribution is 2.82. The van der Waals surface area contributed by atoms with Crippen LogP contribution in [0.2, 0.25) is 0 Å². The SMILES string of the molecule is CC12CC3O[C@@]34C(C3CC3C3=CC(=O)CCC34C)C1CCC21CCC(=O)O1. The highest BCUT2D eigenvalue weighted by Gasteiger charge is 2.85. The van der Waals surface area contributed by atoms with Crippen LogP contribution in [0, 0.1) is 34.5 Å². The van der Waals surface area contributed by atoms with Gasteiger partial charge in [0.2, 0.25) is 0 Å². The molecule has 0 N–H and O–H groups in total. The molecule has 4 nitrogen and oxygen atoms in total. The highest BCUT2D eigenvalue weighted by molar-refractivity contribution is 5.92. The first-order valence-electron chi connectivity index (χ1n) is 11.0. The maximum Gasteiger partial charge on any atom is 0.306 e. The molecule has 0 bridgehead atoms. The molecular formula is C23H28O4. The van der Waals surface area contributed by atoms with E-state index in [0.717, 1.165) is 25.7 Å². The van der Waals surface area contributed by atoms with Crippen molar-refractivity contribution in [1.82, 2.24) is 0 Å². The molecule has 27 heavy (non-hydrogen) atoms. The lowest BCUT2D eigenvalue weighted by atomic mass is 9.46. The minimum absolute atomic E-state index is 0.00124. The second-order valence-corrected chi connectivity index (χ2v) is 11.1. The van der Waals surface area contributed by atoms with Gasteiger partial charge in [0, 0.05) is 23.7 Å². The van der Waals surface area contributed by atoms with E-state index >= 15 is 0 Å². The van der Waals surface area contributed by atoms with Crippen LogP contribution >= 0.6 is 0 Å². The van der Waals surface area contributed by atoms with Crippen LogP contribution in [0.5, 0.6) is 0 Å². The van der Waals surface area contributed by atoms with Crippen molar-refractivity contribution in [1.29, 1.82) is 0 Å². The highest BCUT2D eigenvalue weighted by atomic mass is 16.6. The van der Waals surface area contributed by atoms with Gasteiger partial charge in [0.25, 0.3) is 0 Å². The third-order valence-corrected chi connectivity index (χ3v) is 10.4. The summed E-state index contributed by atoms with van der Waals surface area (Å²) in [5.41, 5.74) is 1.24. The van der Waals surface area contributed by atoms with Gasteiger partial charge < -0.3 is 9.47 Å². The largest absolute Gasteiger partial charge is 0.458 e. The molecule has 7 aliphatic rings. The molecule has 0 amide bonds. The van der Waals surface area contributed by atoms with Gasteiger partial charge in [0.1, 0.15) is 11.2 Å². The zero-order chi connectivity index (χ0) is 18.4. The molecule has 0 aromatic carbocycles. The summed E-state index contributed by atoms with van der Waals surface area (Å²) in [6.07, 6.45) is 9.85. The van der Waals surface area contributed by atoms with Crippen molar-refractivity contribution in [2.24, 2.45) is 34.5 Å². The second kappa shape index (κ2) is 4.22. The summed E-state index contributed by atoms with van der Waals surface area (Å²) in [5.74, 6) is 2.77. The summed E-state index contributed by atoms with van der Waals surface area (Å²) < 4.78 is 12.8. The normalized spacial score (nSPS) is 62.0. The van der Waals surface area contributed by atoms with Crippen LogP contribution in [-0.2, 0) is 19.1 Å². The Hall–Kier alpha value is -1.16. The van der Waals surface area contributed by atoms with Crippen molar-refractivity contribution < 1.29 is 19.1 Å². The fourth-order valence-corrected chi connectivity index (χ4v) is 9.12. The average molecular weight is 368 g/mol. The van der Waals surface area contributed by atoms with Crippen molar-refractivity contribution in [3.05, 3.63) is 11.6 Å². The molecule has 8 unspecified atom stereocenters. The predicted molar refractivity (Wildman–Crippen MR) is 96.6 cm³/mol. The Kier molecular flexibility index (Phi) is 2.46. The molecule has 2 aliphatic heterocycles. The molecule has 0 radical (unpaired) electrons. The number of hydrogen-bond acceptors (Lipinski definition) is 4. The summed E-state index contributed by atoms with van der Waals surface area (Å²) in [6.45, 7) is 4.81. The van der Waals surface area contributed by atoms with E-state index in [1.807, 2.05) is 6.08 Å². The summed E-state index contributed by atoms with van der Waals surface area (Å²) >= 11 is 0. The Labute approximate surface area is 160 Å². The number of hydrogen-bond donors (Lipinski definition) is 0. The van der Waals surface area contributed by atoms with Crippen LogP contribution in [0.25, 0.3) is 0 Å². The Morgan fingerprint density at radius 3 is 2.74 bits per heavy atom. The molecule has 4 heteroatoms. The fraction of sp³-hybridized carbons (Fsp3) is 0.826. The number of esters is 1. The monoisotopic (exact) mass is 368 g/mol. The van der Waals surface area contributed by atoms with Crippen molar-refractivity contribution in [2.75, 3.05) is 0 Å². The number of carbonyl (C=O) groups is 2. The first-order valence-corrected chi connectivity index (χ1v) is 11.0. The molecule has 4 saturated carbocycles. The lowest BCUT2D eigenvalue weighted by Gasteiger charge is -2.56. The maximum absolute atomic E-state index is 12.2. The van der Waals surface area contributed by atoms with Gasteiger partial charge in [-0.2, -0.15) is 0 Å². The Balaban J connectivity index is 1.36. The number of ketones is 1. The van der Waals surface area contributed by atoms with Crippen LogP contribution in [0.1, 0.15) is 65.2 Å². The second-order valence-electron chi connectivity index (χ2n) is 11.1. The lowest BCUT2D eigenvalue weighted by Crippen LogP contribution is -2.60. The van der Waals surface area contributed by atoms with E-state index in [4.69, 9.17) is 9.47 Å². The first kappa shape index (κ1) is 15.7. The van der Waals surface area contributed by atoms with Gasteiger partial charge in [-0.1, -0.05) is 19.4 Å². The smallest absolute Gasteiger partial charge is 0.306 e. The molecule has 6 fully saturated rings. The van der Waals surface area contributed by atoms with E-state index in [9.17, 15) is 9.59 Å². The van der Waals surface area contributed by atoms with Crippen LogP contribution < -0.4 is 0 Å². The molecule has 0 aromatic heterocycles. The molecule has 2 saturated heterocycles. The molecule has 144 valence electrons. The van der Waals surface area contributed by atoms with Gasteiger partial charge in [0.15, 0.2) is 5.78 Å². The quantitative estimate of drug-likeness (QED) is 0.484. The minimum atomic E-state index is -0.239. The third kappa shape index (κ3) is 1.47. The van der Waals surface area contributed by atoms with Crippen LogP contribution in [0.4, 0.5) is 0 Å². The van der Waals surface area contributed by atoms with E-state index in [0.29, 0.717) is 42.3 Å². The van der Waals surface area contributed by atoms with Crippen LogP contribution in [-0.4, -0.2) is 29.1 Å². The number of epoxide rings is 1. The summed E-state index contributed by atoms with van der Waals surface area (Å²) in [6, 6.07) is 0. The van der Waals surface area contributed by atoms with Gasteiger partial charge in [0.05, 0.1) is 6.10 Å². The van der Waals surface area contributed by atoms with E-state index in [1.54, 1.807) is 0 Å². The average Bonchev–Trinajstić information content (AvgIpc) is 3.49. The van der Waals surface area contributed by atoms with Gasteiger partial charge in [-0.05, 0) is 68.3 Å². The lowest BCUT2D eigenvalue weighted by molar-refractivity contribution is -0.164. The number of fused-ring (bicyclic) bond motifs is 7. The van der Waals surface area contributed by atoms with E-state index in [1.165, 1.54) is 18.4 Å². The van der Waals surface area contributed by atoms with Crippen LogP contribution in [0.15, 0.2) is 11.6 Å². The van der Waals surface area contributed by atoms with Crippen molar-refractivity contribution in [3.63, 3.8) is 0 Å². The molecular weight excluding hydrogens is 340 g/mol. The van der Waals surface area contributed by atoms with Crippen molar-refractivity contribution in [2.45, 2.75) is 82.5 Å². The Morgan fingerprint density at radius 1 is 1.11 bits per heavy atom. The van der Waals surface area contributed by atoms with Crippen LogP contribution in [0.3, 0.4) is 0 Å². The molecule has 5 aliphatic carbocycles. The zero-order valence-electron chi connectivity index (χ0n) is 16.3. The van der Waals surface area contributed by atoms with Crippen molar-refractivity contribution >= 4 is 11.8 Å². The van der Waals surface area contributed by atoms with E-state index < -0.39 is 0 Å². The fourth-order valence-electron chi connectivity index (χ4n) is 9.12. The molecule has 0 aromatic rings. The summed E-state index contributed by atoms with van der Waals surface area (Å²) in [7, 11) is 0. The molecule has 9 atom stereocenters. The molecule has 2 spiro atoms. The molecule has 7 rings (SSSR count). The number of ether oxygens (including phenoxy) is 2. The third-order valence-electron chi connectivity index (χ3n) is 10.4. The van der Waals surface area contributed by atoms with Gasteiger partial charge in [-0.25, -0.2) is 0 Å². The van der Waals surface area contributed by atoms with E-state index in [2.05, 4.69) is 13.8 Å². The minimum Gasteiger partial charge on any atom is -0.458 e. The van der Waals surface area contributed by atoms with Gasteiger partial charge >= 0.3 is 5.97 Å². The zero-order valence-corrected chi connectivity index (χ0v) is 16.3. The molecule has 2 heterocycles. The van der Waals surface area contributed by atoms with Gasteiger partial charge in [-0.15, -0.1) is 0 Å². The number of rotatable bonds is 0. The van der Waals surface area contributed by atoms with E-state index in [-0.39, 0.29) is 34.1 Å². The standard InChI is InChI=1S/C23H28O4/c1-20-6-3-12(24)9-16(20)13-10-14(13)19-15-4-7-22(8-5-18(25)27-22)21(15,2)11-17-23(19,20)26-17/h9,13-15,17,19H,3-8,10-11H2,1-2H3/t13?,14?,15?,17?,19?,20?,21?,22?,23-/m1/s1. The Bertz CT molecular complexity index is 845. The summed E-state index contributed by atoms with van der Waals surface area (Å²) in [4.78, 5) is 24.2. The Morgan fingerprint density at radius 2 is 1.96 bits per heavy atom. The maximum atomic E-state index is 12.2. The first-order chi connectivity index (χ1) is 12.8. The van der Waals surface area contributed by atoms with Crippen molar-refractivity contribution in [3.8, 4) is 0 Å². The number of carbonyl (C=O) groups excluding carboxylic acids is 2. The van der Waals surface area contributed by atoms with Gasteiger partial charge in [-0.3, -0.25) is 9.59 Å². The predicted octanol–water partition coefficient (Wildman–Crippen LogP) is 3.58. The summed E-state index contributed by atoms with van der Waals surface area (Å²) in [5, 5.41) is 0.